The monoisotopic (exact) mass is 426 g/mol. The summed E-state index contributed by atoms with van der Waals surface area (Å²) < 4.78 is 9.18. The fourth-order valence-electron chi connectivity index (χ4n) is 4.00. The molecule has 1 fully saturated rings. The summed E-state index contributed by atoms with van der Waals surface area (Å²) in [7, 11) is 2.95. The van der Waals surface area contributed by atoms with Gasteiger partial charge in [-0.25, -0.2) is 19.7 Å². The number of fused-ring (bicyclic) bond motifs is 2. The lowest BCUT2D eigenvalue weighted by molar-refractivity contribution is -0.132. The first-order valence-corrected chi connectivity index (χ1v) is 10.00. The van der Waals surface area contributed by atoms with Gasteiger partial charge in [0.15, 0.2) is 11.2 Å². The van der Waals surface area contributed by atoms with Crippen molar-refractivity contribution in [1.82, 2.24) is 33.6 Å². The molecule has 1 amide bonds. The lowest BCUT2D eigenvalue weighted by atomic mass is 10.3. The van der Waals surface area contributed by atoms with E-state index in [1.807, 2.05) is 0 Å². The summed E-state index contributed by atoms with van der Waals surface area (Å²) in [5, 5.41) is 0. The van der Waals surface area contributed by atoms with Gasteiger partial charge in [0.25, 0.3) is 5.56 Å². The molecule has 3 aromatic heterocycles. The van der Waals surface area contributed by atoms with Crippen LogP contribution in [-0.4, -0.2) is 65.8 Å². The van der Waals surface area contributed by atoms with E-state index < -0.39 is 11.2 Å². The highest BCUT2D eigenvalue weighted by Gasteiger charge is 2.27. The van der Waals surface area contributed by atoms with Gasteiger partial charge in [-0.2, -0.15) is 0 Å². The largest absolute Gasteiger partial charge is 0.378 e. The standard InChI is InChI=1S/C19H22N8O4/c1-23-16-15(17(29)24(2)19(23)30)27(11-21-16)10-14(28)26-8-12-7-20-18(22-13(12)9-26)25-3-5-31-6-4-25/h7,11H,3-6,8-10H2,1-2H3. The van der Waals surface area contributed by atoms with Gasteiger partial charge in [-0.1, -0.05) is 0 Å². The molecular weight excluding hydrogens is 404 g/mol. The van der Waals surface area contributed by atoms with Crippen LogP contribution < -0.4 is 16.1 Å². The van der Waals surface area contributed by atoms with E-state index >= 15 is 0 Å². The quantitative estimate of drug-likeness (QED) is 0.502. The van der Waals surface area contributed by atoms with Crippen molar-refractivity contribution in [3.63, 3.8) is 0 Å². The smallest absolute Gasteiger partial charge is 0.332 e. The molecule has 0 bridgehead atoms. The first-order chi connectivity index (χ1) is 14.9. The zero-order valence-electron chi connectivity index (χ0n) is 17.3. The van der Waals surface area contributed by atoms with Crippen LogP contribution in [-0.2, 0) is 43.3 Å². The molecule has 0 aliphatic carbocycles. The van der Waals surface area contributed by atoms with Gasteiger partial charge in [0, 0.05) is 45.5 Å². The molecule has 0 spiro atoms. The van der Waals surface area contributed by atoms with E-state index in [-0.39, 0.29) is 23.6 Å². The third kappa shape index (κ3) is 3.19. The minimum Gasteiger partial charge on any atom is -0.378 e. The van der Waals surface area contributed by atoms with E-state index in [1.54, 1.807) is 18.1 Å². The summed E-state index contributed by atoms with van der Waals surface area (Å²) in [6.07, 6.45) is 3.20. The molecule has 0 radical (unpaired) electrons. The average molecular weight is 426 g/mol. The Morgan fingerprint density at radius 1 is 1.10 bits per heavy atom. The van der Waals surface area contributed by atoms with Crippen molar-refractivity contribution in [2.45, 2.75) is 19.6 Å². The molecule has 31 heavy (non-hydrogen) atoms. The number of ether oxygens (including phenoxy) is 1. The van der Waals surface area contributed by atoms with Gasteiger partial charge in [0.1, 0.15) is 6.54 Å². The second-order valence-electron chi connectivity index (χ2n) is 7.74. The highest BCUT2D eigenvalue weighted by Crippen LogP contribution is 2.23. The molecular formula is C19H22N8O4. The topological polar surface area (TPSA) is 120 Å². The fourth-order valence-corrected chi connectivity index (χ4v) is 4.00. The Kier molecular flexibility index (Phi) is 4.58. The molecule has 0 saturated carbocycles. The summed E-state index contributed by atoms with van der Waals surface area (Å²) in [5.74, 6) is 0.488. The molecule has 0 aromatic carbocycles. The number of carbonyl (C=O) groups excluding carboxylic acids is 1. The number of aryl methyl sites for hydroxylation is 1. The van der Waals surface area contributed by atoms with Crippen molar-refractivity contribution in [3.05, 3.63) is 44.6 Å². The predicted octanol–water partition coefficient (Wildman–Crippen LogP) is -1.40. The summed E-state index contributed by atoms with van der Waals surface area (Å²) in [4.78, 5) is 54.7. The second kappa shape index (κ2) is 7.30. The van der Waals surface area contributed by atoms with Crippen molar-refractivity contribution < 1.29 is 9.53 Å². The number of morpholine rings is 1. The first kappa shape index (κ1) is 19.4. The molecule has 3 aromatic rings. The van der Waals surface area contributed by atoms with E-state index in [4.69, 9.17) is 4.74 Å². The molecule has 12 nitrogen and oxygen atoms in total. The summed E-state index contributed by atoms with van der Waals surface area (Å²) in [6, 6.07) is 0. The number of hydrogen-bond donors (Lipinski definition) is 0. The summed E-state index contributed by atoms with van der Waals surface area (Å²) in [5.41, 5.74) is 1.29. The number of nitrogens with zero attached hydrogens (tertiary/aromatic N) is 8. The van der Waals surface area contributed by atoms with Crippen molar-refractivity contribution in [2.24, 2.45) is 14.1 Å². The Morgan fingerprint density at radius 3 is 2.65 bits per heavy atom. The van der Waals surface area contributed by atoms with Crippen LogP contribution in [0.15, 0.2) is 22.1 Å². The number of anilines is 1. The third-order valence-electron chi connectivity index (χ3n) is 5.81. The van der Waals surface area contributed by atoms with E-state index in [0.29, 0.717) is 32.3 Å². The first-order valence-electron chi connectivity index (χ1n) is 10.00. The van der Waals surface area contributed by atoms with Gasteiger partial charge < -0.3 is 19.1 Å². The number of carbonyl (C=O) groups is 1. The Morgan fingerprint density at radius 2 is 1.87 bits per heavy atom. The molecule has 0 N–H and O–H groups in total. The number of aromatic nitrogens is 6. The molecule has 1 saturated heterocycles. The van der Waals surface area contributed by atoms with Gasteiger partial charge in [-0.3, -0.25) is 18.7 Å². The highest BCUT2D eigenvalue weighted by atomic mass is 16.5. The Balaban J connectivity index is 1.37. The van der Waals surface area contributed by atoms with Crippen LogP contribution in [0, 0.1) is 0 Å². The molecule has 5 heterocycles. The number of imidazole rings is 1. The number of hydrogen-bond acceptors (Lipinski definition) is 8. The minimum absolute atomic E-state index is 0.0539. The van der Waals surface area contributed by atoms with Crippen molar-refractivity contribution in [1.29, 1.82) is 0 Å². The minimum atomic E-state index is -0.478. The zero-order valence-corrected chi connectivity index (χ0v) is 17.3. The van der Waals surface area contributed by atoms with Crippen LogP contribution >= 0.6 is 0 Å². The SMILES string of the molecule is Cn1c(=O)c2c(ncn2CC(=O)N2Cc3cnc(N4CCOCC4)nc3C2)n(C)c1=O. The normalized spacial score (nSPS) is 16.2. The van der Waals surface area contributed by atoms with Gasteiger partial charge in [0.2, 0.25) is 11.9 Å². The molecule has 2 aliphatic rings. The van der Waals surface area contributed by atoms with E-state index in [0.717, 1.165) is 28.9 Å². The van der Waals surface area contributed by atoms with Crippen molar-refractivity contribution in [2.75, 3.05) is 31.2 Å². The number of amides is 1. The van der Waals surface area contributed by atoms with E-state index in [1.165, 1.54) is 22.5 Å². The molecule has 5 rings (SSSR count). The van der Waals surface area contributed by atoms with Crippen molar-refractivity contribution in [3.8, 4) is 0 Å². The Labute approximate surface area is 176 Å². The van der Waals surface area contributed by atoms with Crippen LogP contribution in [0.4, 0.5) is 5.95 Å². The average Bonchev–Trinajstić information content (AvgIpc) is 3.40. The molecule has 0 atom stereocenters. The van der Waals surface area contributed by atoms with Gasteiger partial charge >= 0.3 is 5.69 Å². The van der Waals surface area contributed by atoms with Crippen LogP contribution in [0.5, 0.6) is 0 Å². The highest BCUT2D eigenvalue weighted by molar-refractivity contribution is 5.79. The second-order valence-corrected chi connectivity index (χ2v) is 7.74. The van der Waals surface area contributed by atoms with Crippen LogP contribution in [0.2, 0.25) is 0 Å². The molecule has 162 valence electrons. The lowest BCUT2D eigenvalue weighted by Gasteiger charge is -2.26. The van der Waals surface area contributed by atoms with E-state index in [9.17, 15) is 14.4 Å². The molecule has 12 heteroatoms. The van der Waals surface area contributed by atoms with Crippen LogP contribution in [0.25, 0.3) is 11.2 Å². The predicted molar refractivity (Wildman–Crippen MR) is 110 cm³/mol. The summed E-state index contributed by atoms with van der Waals surface area (Å²) in [6.45, 7) is 3.53. The molecule has 2 aliphatic heterocycles. The van der Waals surface area contributed by atoms with E-state index in [2.05, 4.69) is 19.9 Å². The zero-order chi connectivity index (χ0) is 21.7. The maximum absolute atomic E-state index is 13.0. The summed E-state index contributed by atoms with van der Waals surface area (Å²) >= 11 is 0. The van der Waals surface area contributed by atoms with Crippen LogP contribution in [0.3, 0.4) is 0 Å². The van der Waals surface area contributed by atoms with Crippen LogP contribution in [0.1, 0.15) is 11.3 Å². The maximum atomic E-state index is 13.0. The van der Waals surface area contributed by atoms with Gasteiger partial charge in [-0.05, 0) is 0 Å². The maximum Gasteiger partial charge on any atom is 0.332 e. The lowest BCUT2D eigenvalue weighted by Crippen LogP contribution is -2.38. The fraction of sp³-hybridized carbons (Fsp3) is 0.474. The van der Waals surface area contributed by atoms with Crippen molar-refractivity contribution >= 4 is 23.0 Å². The molecule has 0 unspecified atom stereocenters. The van der Waals surface area contributed by atoms with Gasteiger partial charge in [0.05, 0.1) is 31.8 Å². The van der Waals surface area contributed by atoms with Gasteiger partial charge in [-0.15, -0.1) is 0 Å². The number of rotatable bonds is 3. The Bertz CT molecular complexity index is 1300. The Hall–Kier alpha value is -3.54. The third-order valence-corrected chi connectivity index (χ3v) is 5.81.